The molecule has 0 bridgehead atoms. The molecule has 0 unspecified atom stereocenters. The first-order valence-corrected chi connectivity index (χ1v) is 7.01. The van der Waals surface area contributed by atoms with Gasteiger partial charge in [-0.3, -0.25) is 0 Å². The van der Waals surface area contributed by atoms with Gasteiger partial charge in [-0.1, -0.05) is 12.1 Å². The number of anilines is 1. The van der Waals surface area contributed by atoms with Crippen molar-refractivity contribution in [3.63, 3.8) is 0 Å². The maximum atomic E-state index is 5.38. The molecule has 0 saturated carbocycles. The summed E-state index contributed by atoms with van der Waals surface area (Å²) >= 11 is 2.32. The van der Waals surface area contributed by atoms with E-state index in [4.69, 9.17) is 9.47 Å². The molecule has 0 aromatic heterocycles. The highest BCUT2D eigenvalue weighted by Gasteiger charge is 2.05. The molecular formula is C15H16INO2. The summed E-state index contributed by atoms with van der Waals surface area (Å²) in [5.41, 5.74) is 2.23. The van der Waals surface area contributed by atoms with E-state index >= 15 is 0 Å². The summed E-state index contributed by atoms with van der Waals surface area (Å²) in [5.74, 6) is 1.63. The SMILES string of the molecule is COc1ccc(CNc2ccccc2I)c(OC)c1. The van der Waals surface area contributed by atoms with E-state index in [1.165, 1.54) is 3.57 Å². The normalized spacial score (nSPS) is 10.1. The van der Waals surface area contributed by atoms with Crippen molar-refractivity contribution in [2.75, 3.05) is 19.5 Å². The summed E-state index contributed by atoms with van der Waals surface area (Å²) in [6.45, 7) is 0.715. The Balaban J connectivity index is 2.13. The highest BCUT2D eigenvalue weighted by molar-refractivity contribution is 14.1. The molecule has 0 aliphatic carbocycles. The first kappa shape index (κ1) is 14.0. The van der Waals surface area contributed by atoms with E-state index in [9.17, 15) is 0 Å². The summed E-state index contributed by atoms with van der Waals surface area (Å²) in [6.07, 6.45) is 0. The van der Waals surface area contributed by atoms with Gasteiger partial charge in [-0.05, 0) is 46.9 Å². The van der Waals surface area contributed by atoms with E-state index in [1.807, 2.05) is 30.3 Å². The average Bonchev–Trinajstić information content (AvgIpc) is 2.46. The maximum absolute atomic E-state index is 5.38. The molecule has 19 heavy (non-hydrogen) atoms. The number of ether oxygens (including phenoxy) is 2. The Kier molecular flexibility index (Phi) is 4.90. The van der Waals surface area contributed by atoms with Crippen molar-refractivity contribution in [2.24, 2.45) is 0 Å². The van der Waals surface area contributed by atoms with Gasteiger partial charge in [0.1, 0.15) is 11.5 Å². The quantitative estimate of drug-likeness (QED) is 0.811. The van der Waals surface area contributed by atoms with Gasteiger partial charge in [0, 0.05) is 27.4 Å². The number of methoxy groups -OCH3 is 2. The molecule has 2 aromatic carbocycles. The third-order valence-electron chi connectivity index (χ3n) is 2.84. The molecule has 0 fully saturated rings. The summed E-state index contributed by atoms with van der Waals surface area (Å²) in [5, 5.41) is 3.41. The number of benzene rings is 2. The van der Waals surface area contributed by atoms with Crippen LogP contribution in [0.2, 0.25) is 0 Å². The molecule has 4 heteroatoms. The minimum absolute atomic E-state index is 0.715. The number of hydrogen-bond acceptors (Lipinski definition) is 3. The van der Waals surface area contributed by atoms with Gasteiger partial charge in [-0.15, -0.1) is 0 Å². The Morgan fingerprint density at radius 1 is 1.05 bits per heavy atom. The molecule has 0 atom stereocenters. The maximum Gasteiger partial charge on any atom is 0.127 e. The van der Waals surface area contributed by atoms with Gasteiger partial charge in [0.05, 0.1) is 14.2 Å². The average molecular weight is 369 g/mol. The van der Waals surface area contributed by atoms with Crippen molar-refractivity contribution in [3.05, 3.63) is 51.6 Å². The lowest BCUT2D eigenvalue weighted by Crippen LogP contribution is -2.03. The molecule has 0 aliphatic rings. The predicted octanol–water partition coefficient (Wildman–Crippen LogP) is 3.92. The van der Waals surface area contributed by atoms with Crippen LogP contribution in [0.15, 0.2) is 42.5 Å². The van der Waals surface area contributed by atoms with Crippen LogP contribution in [0.5, 0.6) is 11.5 Å². The molecular weight excluding hydrogens is 353 g/mol. The van der Waals surface area contributed by atoms with E-state index in [1.54, 1.807) is 14.2 Å². The van der Waals surface area contributed by atoms with Crippen molar-refractivity contribution in [1.29, 1.82) is 0 Å². The molecule has 0 aliphatic heterocycles. The minimum atomic E-state index is 0.715. The van der Waals surface area contributed by atoms with Crippen LogP contribution in [0.1, 0.15) is 5.56 Å². The lowest BCUT2D eigenvalue weighted by molar-refractivity contribution is 0.391. The van der Waals surface area contributed by atoms with Crippen molar-refractivity contribution in [1.82, 2.24) is 0 Å². The van der Waals surface area contributed by atoms with Crippen LogP contribution >= 0.6 is 22.6 Å². The van der Waals surface area contributed by atoms with Gasteiger partial charge in [-0.25, -0.2) is 0 Å². The fourth-order valence-corrected chi connectivity index (χ4v) is 2.37. The number of halogens is 1. The predicted molar refractivity (Wildman–Crippen MR) is 86.0 cm³/mol. The van der Waals surface area contributed by atoms with Crippen LogP contribution in [0, 0.1) is 3.57 Å². The molecule has 100 valence electrons. The lowest BCUT2D eigenvalue weighted by atomic mass is 10.2. The molecule has 3 nitrogen and oxygen atoms in total. The van der Waals surface area contributed by atoms with Gasteiger partial charge in [0.2, 0.25) is 0 Å². The summed E-state index contributed by atoms with van der Waals surface area (Å²) in [4.78, 5) is 0. The Hall–Kier alpha value is -1.43. The molecule has 0 amide bonds. The zero-order valence-corrected chi connectivity index (χ0v) is 13.1. The summed E-state index contributed by atoms with van der Waals surface area (Å²) < 4.78 is 11.8. The second-order valence-corrected chi connectivity index (χ2v) is 5.17. The van der Waals surface area contributed by atoms with E-state index in [0.29, 0.717) is 6.54 Å². The molecule has 0 heterocycles. The van der Waals surface area contributed by atoms with Crippen molar-refractivity contribution >= 4 is 28.3 Å². The second kappa shape index (κ2) is 6.65. The zero-order chi connectivity index (χ0) is 13.7. The third kappa shape index (κ3) is 3.53. The minimum Gasteiger partial charge on any atom is -0.497 e. The van der Waals surface area contributed by atoms with E-state index in [2.05, 4.69) is 40.0 Å². The van der Waals surface area contributed by atoms with Gasteiger partial charge in [-0.2, -0.15) is 0 Å². The van der Waals surface area contributed by atoms with E-state index in [0.717, 1.165) is 22.7 Å². The Morgan fingerprint density at radius 2 is 1.84 bits per heavy atom. The van der Waals surface area contributed by atoms with Crippen LogP contribution in [0.3, 0.4) is 0 Å². The highest BCUT2D eigenvalue weighted by Crippen LogP contribution is 2.26. The summed E-state index contributed by atoms with van der Waals surface area (Å²) in [7, 11) is 3.32. The smallest absolute Gasteiger partial charge is 0.127 e. The molecule has 2 aromatic rings. The fraction of sp³-hybridized carbons (Fsp3) is 0.200. The molecule has 0 saturated heterocycles. The van der Waals surface area contributed by atoms with Crippen molar-refractivity contribution in [2.45, 2.75) is 6.54 Å². The molecule has 1 N–H and O–H groups in total. The Morgan fingerprint density at radius 3 is 2.53 bits per heavy atom. The lowest BCUT2D eigenvalue weighted by Gasteiger charge is -2.12. The van der Waals surface area contributed by atoms with E-state index < -0.39 is 0 Å². The zero-order valence-electron chi connectivity index (χ0n) is 10.9. The van der Waals surface area contributed by atoms with Gasteiger partial charge in [0.15, 0.2) is 0 Å². The van der Waals surface area contributed by atoms with Crippen molar-refractivity contribution < 1.29 is 9.47 Å². The molecule has 2 rings (SSSR count). The standard InChI is InChI=1S/C15H16INO2/c1-18-12-8-7-11(15(9-12)19-2)10-17-14-6-4-3-5-13(14)16/h3-9,17H,10H2,1-2H3. The Labute approximate surface area is 127 Å². The second-order valence-electron chi connectivity index (χ2n) is 4.01. The first-order chi connectivity index (χ1) is 9.24. The topological polar surface area (TPSA) is 30.5 Å². The van der Waals surface area contributed by atoms with Gasteiger partial charge >= 0.3 is 0 Å². The van der Waals surface area contributed by atoms with Crippen molar-refractivity contribution in [3.8, 4) is 11.5 Å². The fourth-order valence-electron chi connectivity index (χ4n) is 1.79. The molecule has 0 spiro atoms. The highest BCUT2D eigenvalue weighted by atomic mass is 127. The van der Waals surface area contributed by atoms with Crippen LogP contribution < -0.4 is 14.8 Å². The monoisotopic (exact) mass is 369 g/mol. The molecule has 0 radical (unpaired) electrons. The third-order valence-corrected chi connectivity index (χ3v) is 3.78. The number of nitrogens with one attached hydrogen (secondary N) is 1. The largest absolute Gasteiger partial charge is 0.497 e. The van der Waals surface area contributed by atoms with Gasteiger partial charge < -0.3 is 14.8 Å². The van der Waals surface area contributed by atoms with Crippen LogP contribution in [-0.4, -0.2) is 14.2 Å². The number of rotatable bonds is 5. The van der Waals surface area contributed by atoms with Crippen LogP contribution in [0.25, 0.3) is 0 Å². The number of para-hydroxylation sites is 1. The summed E-state index contributed by atoms with van der Waals surface area (Å²) in [6, 6.07) is 14.0. The van der Waals surface area contributed by atoms with Crippen LogP contribution in [-0.2, 0) is 6.54 Å². The number of hydrogen-bond donors (Lipinski definition) is 1. The first-order valence-electron chi connectivity index (χ1n) is 5.94. The van der Waals surface area contributed by atoms with E-state index in [-0.39, 0.29) is 0 Å². The Bertz CT molecular complexity index is 558. The van der Waals surface area contributed by atoms with Gasteiger partial charge in [0.25, 0.3) is 0 Å². The van der Waals surface area contributed by atoms with Crippen LogP contribution in [0.4, 0.5) is 5.69 Å².